The number of likely N-dealkylation sites (tertiary alicyclic amines) is 1. The molecular formula is C14H17N3O2. The van der Waals surface area contributed by atoms with E-state index < -0.39 is 0 Å². The molecule has 1 atom stereocenters. The number of nitrogens with one attached hydrogen (secondary N) is 1. The van der Waals surface area contributed by atoms with Crippen LogP contribution in [-0.2, 0) is 9.53 Å². The molecule has 1 aromatic carbocycles. The summed E-state index contributed by atoms with van der Waals surface area (Å²) in [7, 11) is 1.70. The Labute approximate surface area is 112 Å². The highest BCUT2D eigenvalue weighted by Crippen LogP contribution is 2.13. The van der Waals surface area contributed by atoms with Gasteiger partial charge >= 0.3 is 0 Å². The zero-order valence-corrected chi connectivity index (χ0v) is 10.9. The van der Waals surface area contributed by atoms with E-state index in [9.17, 15) is 4.79 Å². The van der Waals surface area contributed by atoms with Crippen molar-refractivity contribution in [3.8, 4) is 6.07 Å². The summed E-state index contributed by atoms with van der Waals surface area (Å²) in [5.41, 5.74) is 1.20. The number of nitrogens with zero attached hydrogens (tertiary/aromatic N) is 2. The summed E-state index contributed by atoms with van der Waals surface area (Å²) < 4.78 is 5.26. The maximum Gasteiger partial charge on any atom is 0.238 e. The molecule has 1 N–H and O–H groups in total. The molecule has 0 bridgehead atoms. The summed E-state index contributed by atoms with van der Waals surface area (Å²) in [6, 6.07) is 8.96. The van der Waals surface area contributed by atoms with Crippen LogP contribution in [0.15, 0.2) is 24.3 Å². The summed E-state index contributed by atoms with van der Waals surface area (Å²) in [6.45, 7) is 2.03. The van der Waals surface area contributed by atoms with Gasteiger partial charge in [0.05, 0.1) is 24.3 Å². The minimum absolute atomic E-state index is 0.0631. The van der Waals surface area contributed by atoms with E-state index in [-0.39, 0.29) is 12.0 Å². The highest BCUT2D eigenvalue weighted by molar-refractivity contribution is 5.92. The Hall–Kier alpha value is -1.90. The molecule has 1 saturated heterocycles. The number of ether oxygens (including phenoxy) is 1. The molecule has 1 unspecified atom stereocenters. The van der Waals surface area contributed by atoms with Crippen molar-refractivity contribution in [2.75, 3.05) is 32.1 Å². The van der Waals surface area contributed by atoms with Gasteiger partial charge in [0, 0.05) is 25.9 Å². The van der Waals surface area contributed by atoms with Gasteiger partial charge in [-0.3, -0.25) is 9.69 Å². The monoisotopic (exact) mass is 259 g/mol. The fraction of sp³-hybridized carbons (Fsp3) is 0.429. The van der Waals surface area contributed by atoms with Crippen LogP contribution in [0.4, 0.5) is 5.69 Å². The number of rotatable bonds is 4. The third kappa shape index (κ3) is 3.78. The molecule has 0 spiro atoms. The lowest BCUT2D eigenvalue weighted by Gasteiger charge is -2.15. The number of hydrogen-bond donors (Lipinski definition) is 1. The van der Waals surface area contributed by atoms with Crippen molar-refractivity contribution in [1.82, 2.24) is 4.90 Å². The molecule has 1 heterocycles. The molecule has 0 aliphatic carbocycles. The predicted octanol–water partition coefficient (Wildman–Crippen LogP) is 1.22. The van der Waals surface area contributed by atoms with Crippen molar-refractivity contribution in [1.29, 1.82) is 5.26 Å². The molecule has 5 heteroatoms. The lowest BCUT2D eigenvalue weighted by Crippen LogP contribution is -2.32. The topological polar surface area (TPSA) is 65.4 Å². The number of carbonyl (C=O) groups is 1. The molecule has 0 aromatic heterocycles. The van der Waals surface area contributed by atoms with Crippen LogP contribution in [0.1, 0.15) is 12.0 Å². The molecule has 100 valence electrons. The minimum atomic E-state index is -0.0631. The van der Waals surface area contributed by atoms with Gasteiger partial charge in [0.25, 0.3) is 0 Å². The van der Waals surface area contributed by atoms with Gasteiger partial charge in [-0.1, -0.05) is 6.07 Å². The van der Waals surface area contributed by atoms with Gasteiger partial charge in [-0.2, -0.15) is 5.26 Å². The van der Waals surface area contributed by atoms with Gasteiger partial charge in [-0.05, 0) is 24.6 Å². The lowest BCUT2D eigenvalue weighted by atomic mass is 10.2. The van der Waals surface area contributed by atoms with E-state index in [1.807, 2.05) is 6.07 Å². The zero-order valence-electron chi connectivity index (χ0n) is 10.9. The molecule has 1 aliphatic heterocycles. The fourth-order valence-corrected chi connectivity index (χ4v) is 2.20. The van der Waals surface area contributed by atoms with E-state index in [2.05, 4.69) is 10.2 Å². The Balaban J connectivity index is 1.86. The Morgan fingerprint density at radius 1 is 1.63 bits per heavy atom. The molecular weight excluding hydrogens is 242 g/mol. The smallest absolute Gasteiger partial charge is 0.238 e. The third-order valence-electron chi connectivity index (χ3n) is 3.21. The van der Waals surface area contributed by atoms with Crippen LogP contribution in [0, 0.1) is 11.3 Å². The summed E-state index contributed by atoms with van der Waals surface area (Å²) in [5.74, 6) is -0.0631. The van der Waals surface area contributed by atoms with Crippen molar-refractivity contribution in [3.05, 3.63) is 29.8 Å². The molecule has 0 radical (unpaired) electrons. The van der Waals surface area contributed by atoms with Crippen molar-refractivity contribution in [2.24, 2.45) is 0 Å². The van der Waals surface area contributed by atoms with Crippen molar-refractivity contribution in [3.63, 3.8) is 0 Å². The van der Waals surface area contributed by atoms with Crippen LogP contribution >= 0.6 is 0 Å². The minimum Gasteiger partial charge on any atom is -0.380 e. The second-order valence-corrected chi connectivity index (χ2v) is 4.62. The average molecular weight is 259 g/mol. The molecule has 0 saturated carbocycles. The van der Waals surface area contributed by atoms with Crippen molar-refractivity contribution >= 4 is 11.6 Å². The summed E-state index contributed by atoms with van der Waals surface area (Å²) in [6.07, 6.45) is 1.20. The number of amides is 1. The Morgan fingerprint density at radius 3 is 3.16 bits per heavy atom. The average Bonchev–Trinajstić information content (AvgIpc) is 2.86. The largest absolute Gasteiger partial charge is 0.380 e. The maximum absolute atomic E-state index is 11.9. The first-order valence-corrected chi connectivity index (χ1v) is 6.26. The van der Waals surface area contributed by atoms with Crippen molar-refractivity contribution in [2.45, 2.75) is 12.5 Å². The summed E-state index contributed by atoms with van der Waals surface area (Å²) in [4.78, 5) is 14.0. The number of methoxy groups -OCH3 is 1. The van der Waals surface area contributed by atoms with Gasteiger partial charge in [0.1, 0.15) is 0 Å². The second kappa shape index (κ2) is 6.32. The van der Waals surface area contributed by atoms with Gasteiger partial charge in [0.2, 0.25) is 5.91 Å². The standard InChI is InChI=1S/C14H17N3O2/c1-19-13-5-6-17(9-13)10-14(18)16-12-4-2-3-11(7-12)8-15/h2-4,7,13H,5-6,9-10H2,1H3,(H,16,18). The van der Waals surface area contributed by atoms with Crippen molar-refractivity contribution < 1.29 is 9.53 Å². The summed E-state index contributed by atoms with van der Waals surface area (Å²) in [5, 5.41) is 11.6. The zero-order chi connectivity index (χ0) is 13.7. The van der Waals surface area contributed by atoms with Crippen LogP contribution in [0.3, 0.4) is 0 Å². The van der Waals surface area contributed by atoms with E-state index in [0.29, 0.717) is 17.8 Å². The first kappa shape index (κ1) is 13.5. The lowest BCUT2D eigenvalue weighted by molar-refractivity contribution is -0.117. The van der Waals surface area contributed by atoms with Gasteiger partial charge < -0.3 is 10.1 Å². The van der Waals surface area contributed by atoms with Crippen LogP contribution in [0.5, 0.6) is 0 Å². The number of carbonyl (C=O) groups excluding carboxylic acids is 1. The van der Waals surface area contributed by atoms with E-state index in [4.69, 9.17) is 10.00 Å². The van der Waals surface area contributed by atoms with Crippen LogP contribution in [0.2, 0.25) is 0 Å². The molecule has 2 rings (SSSR count). The second-order valence-electron chi connectivity index (χ2n) is 4.62. The summed E-state index contributed by atoms with van der Waals surface area (Å²) >= 11 is 0. The number of hydrogen-bond acceptors (Lipinski definition) is 4. The maximum atomic E-state index is 11.9. The molecule has 1 aromatic rings. The Morgan fingerprint density at radius 2 is 2.47 bits per heavy atom. The molecule has 19 heavy (non-hydrogen) atoms. The number of nitriles is 1. The van der Waals surface area contributed by atoms with Crippen LogP contribution in [-0.4, -0.2) is 43.7 Å². The quantitative estimate of drug-likeness (QED) is 0.883. The van der Waals surface area contributed by atoms with E-state index in [1.54, 1.807) is 31.4 Å². The molecule has 1 aliphatic rings. The van der Waals surface area contributed by atoms with Gasteiger partial charge in [0.15, 0.2) is 0 Å². The van der Waals surface area contributed by atoms with Crippen LogP contribution < -0.4 is 5.32 Å². The third-order valence-corrected chi connectivity index (χ3v) is 3.21. The Kier molecular flexibility index (Phi) is 4.50. The van der Waals surface area contributed by atoms with E-state index in [1.165, 1.54) is 0 Å². The Bertz CT molecular complexity index is 496. The van der Waals surface area contributed by atoms with Gasteiger partial charge in [-0.15, -0.1) is 0 Å². The highest BCUT2D eigenvalue weighted by Gasteiger charge is 2.23. The first-order valence-electron chi connectivity index (χ1n) is 6.26. The molecule has 1 fully saturated rings. The van der Waals surface area contributed by atoms with E-state index >= 15 is 0 Å². The fourth-order valence-electron chi connectivity index (χ4n) is 2.20. The highest BCUT2D eigenvalue weighted by atomic mass is 16.5. The number of anilines is 1. The first-order chi connectivity index (χ1) is 9.21. The van der Waals surface area contributed by atoms with E-state index in [0.717, 1.165) is 19.5 Å². The molecule has 1 amide bonds. The van der Waals surface area contributed by atoms with Crippen LogP contribution in [0.25, 0.3) is 0 Å². The molecule has 5 nitrogen and oxygen atoms in total. The van der Waals surface area contributed by atoms with Gasteiger partial charge in [-0.25, -0.2) is 0 Å². The normalized spacial score (nSPS) is 19.1. The predicted molar refractivity (Wildman–Crippen MR) is 71.6 cm³/mol. The number of benzene rings is 1. The SMILES string of the molecule is COC1CCN(CC(=O)Nc2cccc(C#N)c2)C1.